The first-order valence-corrected chi connectivity index (χ1v) is 19.6. The van der Waals surface area contributed by atoms with Crippen LogP contribution in [-0.2, 0) is 17.8 Å². The molecule has 0 aliphatic rings. The Morgan fingerprint density at radius 2 is 0.820 bits per heavy atom. The van der Waals surface area contributed by atoms with Crippen molar-refractivity contribution < 1.29 is 26.3 Å². The molecule has 7 aromatic carbocycles. The van der Waals surface area contributed by atoms with Crippen LogP contribution in [0.4, 0.5) is 26.3 Å². The number of benzene rings is 7. The van der Waals surface area contributed by atoms with E-state index in [9.17, 15) is 0 Å². The lowest BCUT2D eigenvalue weighted by Gasteiger charge is -2.24. The van der Waals surface area contributed by atoms with E-state index in [2.05, 4.69) is 26.8 Å². The van der Waals surface area contributed by atoms with E-state index >= 15 is 26.3 Å². The Morgan fingerprint density at radius 1 is 0.393 bits per heavy atom. The molecule has 10 heteroatoms. The van der Waals surface area contributed by atoms with Crippen molar-refractivity contribution >= 4 is 21.8 Å². The number of para-hydroxylation sites is 1. The van der Waals surface area contributed by atoms with Crippen molar-refractivity contribution in [2.75, 3.05) is 0 Å². The highest BCUT2D eigenvalue weighted by Crippen LogP contribution is 2.49. The summed E-state index contributed by atoms with van der Waals surface area (Å²) in [6.45, 7) is 6.24. The Hall–Kier alpha value is -7.07. The number of hydrogen-bond donors (Lipinski definition) is 0. The van der Waals surface area contributed by atoms with E-state index in [-0.39, 0.29) is 56.4 Å². The number of halogens is 6. The lowest BCUT2D eigenvalue weighted by Crippen LogP contribution is -2.11. The van der Waals surface area contributed by atoms with Crippen LogP contribution in [-0.4, -0.2) is 19.5 Å². The fourth-order valence-electron chi connectivity index (χ4n) is 7.96. The Morgan fingerprint density at radius 3 is 1.31 bits per heavy atom. The highest BCUT2D eigenvalue weighted by Gasteiger charge is 2.37. The van der Waals surface area contributed by atoms with Crippen LogP contribution in [0.1, 0.15) is 37.5 Å². The number of aromatic nitrogens is 4. The van der Waals surface area contributed by atoms with Crippen LogP contribution in [0.2, 0.25) is 0 Å². The van der Waals surface area contributed by atoms with Gasteiger partial charge in [-0.05, 0) is 64.6 Å². The first-order chi connectivity index (χ1) is 29.2. The second-order valence-electron chi connectivity index (χ2n) is 15.9. The van der Waals surface area contributed by atoms with E-state index in [0.29, 0.717) is 22.2 Å². The fraction of sp³-hybridized carbons (Fsp3) is 0.118. The average molecular weight is 819 g/mol. The number of nitrogens with zero attached hydrogens (tertiary/aromatic N) is 4. The molecule has 0 amide bonds. The largest absolute Gasteiger partial charge is 0.417 e. The van der Waals surface area contributed by atoms with E-state index in [4.69, 9.17) is 15.0 Å². The molecule has 0 radical (unpaired) electrons. The predicted octanol–water partition coefficient (Wildman–Crippen LogP) is 14.6. The van der Waals surface area contributed by atoms with E-state index in [1.807, 2.05) is 97.1 Å². The van der Waals surface area contributed by atoms with E-state index in [1.165, 1.54) is 36.4 Å². The third-order valence-electron chi connectivity index (χ3n) is 10.9. The summed E-state index contributed by atoms with van der Waals surface area (Å²) in [5, 5.41) is 1.59. The molecule has 0 bridgehead atoms. The maximum atomic E-state index is 15.2. The van der Waals surface area contributed by atoms with Gasteiger partial charge in [-0.25, -0.2) is 15.0 Å². The summed E-state index contributed by atoms with van der Waals surface area (Å²) in [6, 6.07) is 45.0. The molecule has 0 atom stereocenters. The van der Waals surface area contributed by atoms with Gasteiger partial charge in [0.15, 0.2) is 17.5 Å². The minimum Gasteiger partial charge on any atom is -0.308 e. The summed E-state index contributed by atoms with van der Waals surface area (Å²) in [4.78, 5) is 14.5. The van der Waals surface area contributed by atoms with Crippen molar-refractivity contribution in [3.63, 3.8) is 0 Å². The van der Waals surface area contributed by atoms with Crippen molar-refractivity contribution in [3.05, 3.63) is 180 Å². The zero-order valence-corrected chi connectivity index (χ0v) is 33.1. The van der Waals surface area contributed by atoms with Gasteiger partial charge in [0, 0.05) is 38.6 Å². The molecule has 0 unspecified atom stereocenters. The monoisotopic (exact) mass is 818 g/mol. The van der Waals surface area contributed by atoms with Crippen LogP contribution >= 0.6 is 0 Å². The molecular weight excluding hydrogens is 783 g/mol. The third-order valence-corrected chi connectivity index (χ3v) is 10.9. The zero-order valence-electron chi connectivity index (χ0n) is 33.1. The highest BCUT2D eigenvalue weighted by molar-refractivity contribution is 6.11. The van der Waals surface area contributed by atoms with Crippen LogP contribution in [0.25, 0.3) is 83.9 Å². The Kier molecular flexibility index (Phi) is 9.61. The van der Waals surface area contributed by atoms with E-state index < -0.39 is 23.5 Å². The van der Waals surface area contributed by atoms with Gasteiger partial charge in [0.2, 0.25) is 0 Å². The third kappa shape index (κ3) is 7.32. The minimum atomic E-state index is -4.83. The summed E-state index contributed by atoms with van der Waals surface area (Å²) in [6.07, 6.45) is -9.66. The van der Waals surface area contributed by atoms with Crippen molar-refractivity contribution in [1.29, 1.82) is 0 Å². The SMILES string of the molecule is CC(C)(C)c1ccc2c(c1)c1ccccc1n2-c1c(-c2ccccc2C(F)(F)F)cc(-c2nc(-c3ccccc3)nc(-c3ccccc3)n2)cc1-c1ccccc1C(F)(F)F. The number of alkyl halides is 6. The van der Waals surface area contributed by atoms with Gasteiger partial charge >= 0.3 is 12.4 Å². The molecule has 61 heavy (non-hydrogen) atoms. The predicted molar refractivity (Wildman–Crippen MR) is 230 cm³/mol. The maximum Gasteiger partial charge on any atom is 0.417 e. The quantitative estimate of drug-likeness (QED) is 0.157. The minimum absolute atomic E-state index is 0.0305. The smallest absolute Gasteiger partial charge is 0.308 e. The molecule has 302 valence electrons. The molecule has 0 saturated heterocycles. The van der Waals surface area contributed by atoms with Gasteiger partial charge in [-0.2, -0.15) is 26.3 Å². The topological polar surface area (TPSA) is 43.6 Å². The Labute approximate surface area is 347 Å². The van der Waals surface area contributed by atoms with Crippen LogP contribution in [0.3, 0.4) is 0 Å². The first kappa shape index (κ1) is 39.4. The maximum absolute atomic E-state index is 15.2. The lowest BCUT2D eigenvalue weighted by atomic mass is 9.86. The van der Waals surface area contributed by atoms with Gasteiger partial charge in [-0.15, -0.1) is 0 Å². The average Bonchev–Trinajstić information content (AvgIpc) is 3.59. The van der Waals surface area contributed by atoms with Crippen LogP contribution in [0.5, 0.6) is 0 Å². The van der Waals surface area contributed by atoms with Gasteiger partial charge in [0.25, 0.3) is 0 Å². The van der Waals surface area contributed by atoms with Gasteiger partial charge in [0.05, 0.1) is 27.8 Å². The van der Waals surface area contributed by atoms with E-state index in [1.54, 1.807) is 16.7 Å². The molecule has 2 heterocycles. The molecule has 9 aromatic rings. The molecule has 9 rings (SSSR count). The van der Waals surface area contributed by atoms with Crippen molar-refractivity contribution in [1.82, 2.24) is 19.5 Å². The van der Waals surface area contributed by atoms with Crippen LogP contribution in [0.15, 0.2) is 164 Å². The van der Waals surface area contributed by atoms with Crippen molar-refractivity contribution in [2.45, 2.75) is 38.5 Å². The van der Waals surface area contributed by atoms with Crippen LogP contribution < -0.4 is 0 Å². The normalized spacial score (nSPS) is 12.3. The summed E-state index contributed by atoms with van der Waals surface area (Å²) in [5.41, 5.74) is 1.28. The number of fused-ring (bicyclic) bond motifs is 3. The molecule has 0 N–H and O–H groups in total. The van der Waals surface area contributed by atoms with Gasteiger partial charge in [-0.1, -0.05) is 142 Å². The molecule has 0 aliphatic carbocycles. The van der Waals surface area contributed by atoms with Gasteiger partial charge < -0.3 is 4.57 Å². The highest BCUT2D eigenvalue weighted by atomic mass is 19.4. The molecule has 0 fully saturated rings. The Balaban J connectivity index is 1.48. The molecular formula is C51H36F6N4. The zero-order chi connectivity index (χ0) is 42.7. The second kappa shape index (κ2) is 14.9. The first-order valence-electron chi connectivity index (χ1n) is 19.6. The fourth-order valence-corrected chi connectivity index (χ4v) is 7.96. The van der Waals surface area contributed by atoms with E-state index in [0.717, 1.165) is 28.5 Å². The van der Waals surface area contributed by atoms with Gasteiger partial charge in [0.1, 0.15) is 0 Å². The molecule has 0 spiro atoms. The molecule has 0 saturated carbocycles. The van der Waals surface area contributed by atoms with Crippen molar-refractivity contribution in [3.8, 4) is 62.1 Å². The van der Waals surface area contributed by atoms with Crippen molar-refractivity contribution in [2.24, 2.45) is 0 Å². The lowest BCUT2D eigenvalue weighted by molar-refractivity contribution is -0.137. The molecule has 2 aromatic heterocycles. The Bertz CT molecular complexity index is 2950. The standard InChI is InChI=1S/C51H36F6N4/c1-49(2,3)34-26-27-44-38(30-34)37-22-12-15-25-43(37)61(44)45-39(35-20-10-13-23-41(35)50(52,53)54)28-33(29-40(45)36-21-11-14-24-42(36)51(55,56)57)48-59-46(31-16-6-4-7-17-31)58-47(60-48)32-18-8-5-9-19-32/h4-30H,1-3H3. The van der Waals surface area contributed by atoms with Crippen LogP contribution in [0, 0.1) is 0 Å². The number of hydrogen-bond acceptors (Lipinski definition) is 3. The van der Waals surface area contributed by atoms with Gasteiger partial charge in [-0.3, -0.25) is 0 Å². The molecule has 4 nitrogen and oxygen atoms in total. The summed E-state index contributed by atoms with van der Waals surface area (Å²) >= 11 is 0. The summed E-state index contributed by atoms with van der Waals surface area (Å²) in [5.74, 6) is 0.618. The second-order valence-corrected chi connectivity index (χ2v) is 15.9. The summed E-state index contributed by atoms with van der Waals surface area (Å²) in [7, 11) is 0. The molecule has 0 aliphatic heterocycles. The summed E-state index contributed by atoms with van der Waals surface area (Å²) < 4.78 is 93.2. The number of rotatable bonds is 6.